The summed E-state index contributed by atoms with van der Waals surface area (Å²) < 4.78 is 1.72. The second-order valence-corrected chi connectivity index (χ2v) is 3.98. The number of nitrogens with zero attached hydrogens (tertiary/aromatic N) is 1. The second kappa shape index (κ2) is 4.78. The van der Waals surface area contributed by atoms with Crippen LogP contribution >= 0.6 is 0 Å². The zero-order chi connectivity index (χ0) is 12.3. The lowest BCUT2D eigenvalue weighted by atomic mass is 10.1. The Morgan fingerprint density at radius 2 is 1.88 bits per heavy atom. The highest BCUT2D eigenvalue weighted by Crippen LogP contribution is 2.12. The van der Waals surface area contributed by atoms with Crippen LogP contribution in [0.3, 0.4) is 0 Å². The number of benzene rings is 1. The molecule has 0 spiro atoms. The smallest absolute Gasteiger partial charge is 0.378 e. The van der Waals surface area contributed by atoms with Crippen LogP contribution in [0.25, 0.3) is 0 Å². The molecule has 0 fully saturated rings. The van der Waals surface area contributed by atoms with Crippen LogP contribution in [0.5, 0.6) is 0 Å². The quantitative estimate of drug-likeness (QED) is 0.816. The molecule has 2 rings (SSSR count). The lowest BCUT2D eigenvalue weighted by Gasteiger charge is -2.08. The van der Waals surface area contributed by atoms with Crippen molar-refractivity contribution in [3.8, 4) is 0 Å². The minimum Gasteiger partial charge on any atom is -0.476 e. The standard InChI is InChI=1S/C14H13NO2/c1-11-6-5-9-15(10-11)13(14(16)17)12-7-3-2-4-8-12/h2-10,13H,1H3/p+1. The Morgan fingerprint density at radius 3 is 2.47 bits per heavy atom. The lowest BCUT2D eigenvalue weighted by Crippen LogP contribution is -2.44. The minimum absolute atomic E-state index is 0.670. The summed E-state index contributed by atoms with van der Waals surface area (Å²) in [6.07, 6.45) is 3.62. The van der Waals surface area contributed by atoms with Gasteiger partial charge in [0.1, 0.15) is 0 Å². The first-order valence-corrected chi connectivity index (χ1v) is 5.43. The van der Waals surface area contributed by atoms with E-state index in [1.807, 2.05) is 55.6 Å². The fourth-order valence-corrected chi connectivity index (χ4v) is 1.85. The molecular weight excluding hydrogens is 214 g/mol. The van der Waals surface area contributed by atoms with E-state index in [2.05, 4.69) is 0 Å². The van der Waals surface area contributed by atoms with Crippen molar-refractivity contribution in [1.82, 2.24) is 0 Å². The van der Waals surface area contributed by atoms with Crippen LogP contribution in [0.2, 0.25) is 0 Å². The summed E-state index contributed by atoms with van der Waals surface area (Å²) >= 11 is 0. The lowest BCUT2D eigenvalue weighted by molar-refractivity contribution is -0.702. The summed E-state index contributed by atoms with van der Waals surface area (Å²) in [7, 11) is 0. The SMILES string of the molecule is Cc1ccc[n+](C(C(=O)O)c2ccccc2)c1. The predicted molar refractivity (Wildman–Crippen MR) is 63.6 cm³/mol. The maximum atomic E-state index is 11.4. The van der Waals surface area contributed by atoms with E-state index in [4.69, 9.17) is 0 Å². The maximum absolute atomic E-state index is 11.4. The molecule has 86 valence electrons. The largest absolute Gasteiger partial charge is 0.476 e. The summed E-state index contributed by atoms with van der Waals surface area (Å²) in [5, 5.41) is 9.35. The Balaban J connectivity index is 2.47. The Morgan fingerprint density at radius 1 is 1.18 bits per heavy atom. The van der Waals surface area contributed by atoms with Crippen LogP contribution in [0.15, 0.2) is 54.9 Å². The number of pyridine rings is 1. The number of aryl methyl sites for hydroxylation is 1. The number of rotatable bonds is 3. The zero-order valence-corrected chi connectivity index (χ0v) is 9.58. The molecule has 0 aliphatic rings. The van der Waals surface area contributed by atoms with Crippen molar-refractivity contribution in [3.05, 3.63) is 66.0 Å². The second-order valence-electron chi connectivity index (χ2n) is 3.98. The first-order valence-electron chi connectivity index (χ1n) is 5.43. The Kier molecular flexibility index (Phi) is 3.19. The van der Waals surface area contributed by atoms with Gasteiger partial charge in [0.25, 0.3) is 6.04 Å². The third-order valence-corrected chi connectivity index (χ3v) is 2.62. The van der Waals surface area contributed by atoms with Crippen LogP contribution < -0.4 is 4.57 Å². The number of aromatic nitrogens is 1. The molecule has 17 heavy (non-hydrogen) atoms. The van der Waals surface area contributed by atoms with Gasteiger partial charge in [-0.3, -0.25) is 0 Å². The van der Waals surface area contributed by atoms with Gasteiger partial charge in [-0.2, -0.15) is 4.57 Å². The molecule has 2 aromatic rings. The van der Waals surface area contributed by atoms with Gasteiger partial charge in [0.15, 0.2) is 12.4 Å². The van der Waals surface area contributed by atoms with E-state index in [-0.39, 0.29) is 0 Å². The van der Waals surface area contributed by atoms with Gasteiger partial charge in [-0.1, -0.05) is 30.3 Å². The molecule has 0 radical (unpaired) electrons. The molecule has 1 atom stereocenters. The molecule has 0 bridgehead atoms. The van der Waals surface area contributed by atoms with Gasteiger partial charge in [0, 0.05) is 17.2 Å². The Hall–Kier alpha value is -2.16. The van der Waals surface area contributed by atoms with Crippen LogP contribution in [0.4, 0.5) is 0 Å². The molecule has 3 heteroatoms. The first-order chi connectivity index (χ1) is 8.18. The number of hydrogen-bond acceptors (Lipinski definition) is 1. The molecule has 1 heterocycles. The molecular formula is C14H14NO2+. The van der Waals surface area contributed by atoms with Crippen molar-refractivity contribution < 1.29 is 14.5 Å². The summed E-state index contributed by atoms with van der Waals surface area (Å²) in [6, 6.07) is 12.4. The van der Waals surface area contributed by atoms with Crippen molar-refractivity contribution in [2.45, 2.75) is 13.0 Å². The van der Waals surface area contributed by atoms with E-state index in [9.17, 15) is 9.90 Å². The number of carboxylic acid groups (broad SMARTS) is 1. The molecule has 1 unspecified atom stereocenters. The van der Waals surface area contributed by atoms with Crippen LogP contribution in [0.1, 0.15) is 17.2 Å². The van der Waals surface area contributed by atoms with Gasteiger partial charge < -0.3 is 5.11 Å². The Bertz CT molecular complexity index is 523. The number of carbonyl (C=O) groups is 1. The zero-order valence-electron chi connectivity index (χ0n) is 9.58. The van der Waals surface area contributed by atoms with Crippen LogP contribution in [-0.2, 0) is 4.79 Å². The number of hydrogen-bond donors (Lipinski definition) is 1. The van der Waals surface area contributed by atoms with Crippen molar-refractivity contribution in [2.75, 3.05) is 0 Å². The van der Waals surface area contributed by atoms with E-state index < -0.39 is 12.0 Å². The molecule has 1 aromatic carbocycles. The molecule has 1 aromatic heterocycles. The molecule has 3 nitrogen and oxygen atoms in total. The fraction of sp³-hybridized carbons (Fsp3) is 0.143. The summed E-state index contributed by atoms with van der Waals surface area (Å²) in [4.78, 5) is 11.4. The summed E-state index contributed by atoms with van der Waals surface area (Å²) in [5.74, 6) is -0.855. The fourth-order valence-electron chi connectivity index (χ4n) is 1.85. The van der Waals surface area contributed by atoms with Crippen molar-refractivity contribution in [2.24, 2.45) is 0 Å². The maximum Gasteiger partial charge on any atom is 0.378 e. The van der Waals surface area contributed by atoms with E-state index in [0.717, 1.165) is 11.1 Å². The van der Waals surface area contributed by atoms with Crippen molar-refractivity contribution in [1.29, 1.82) is 0 Å². The average molecular weight is 228 g/mol. The number of carboxylic acids is 1. The highest BCUT2D eigenvalue weighted by Gasteiger charge is 2.28. The first kappa shape index (κ1) is 11.3. The molecule has 0 saturated heterocycles. The normalized spacial score (nSPS) is 12.1. The molecule has 0 amide bonds. The van der Waals surface area contributed by atoms with Crippen LogP contribution in [-0.4, -0.2) is 11.1 Å². The van der Waals surface area contributed by atoms with Gasteiger partial charge in [-0.05, 0) is 13.0 Å². The molecule has 1 N–H and O–H groups in total. The van der Waals surface area contributed by atoms with Gasteiger partial charge in [-0.15, -0.1) is 0 Å². The highest BCUT2D eigenvalue weighted by atomic mass is 16.4. The summed E-state index contributed by atoms with van der Waals surface area (Å²) in [5.41, 5.74) is 1.81. The molecule has 0 saturated carbocycles. The third kappa shape index (κ3) is 2.50. The van der Waals surface area contributed by atoms with E-state index >= 15 is 0 Å². The van der Waals surface area contributed by atoms with Gasteiger partial charge in [0.2, 0.25) is 0 Å². The Labute approximate surface area is 100.0 Å². The van der Waals surface area contributed by atoms with E-state index in [1.54, 1.807) is 10.8 Å². The molecule has 0 aliphatic heterocycles. The van der Waals surface area contributed by atoms with Crippen LogP contribution in [0, 0.1) is 6.92 Å². The molecule has 0 aliphatic carbocycles. The minimum atomic E-state index is -0.855. The third-order valence-electron chi connectivity index (χ3n) is 2.62. The van der Waals surface area contributed by atoms with Crippen molar-refractivity contribution in [3.63, 3.8) is 0 Å². The highest BCUT2D eigenvalue weighted by molar-refractivity contribution is 5.73. The van der Waals surface area contributed by atoms with Gasteiger partial charge in [-0.25, -0.2) is 4.79 Å². The monoisotopic (exact) mass is 228 g/mol. The number of aliphatic carboxylic acids is 1. The van der Waals surface area contributed by atoms with E-state index in [1.165, 1.54) is 0 Å². The van der Waals surface area contributed by atoms with Crippen molar-refractivity contribution >= 4 is 5.97 Å². The topological polar surface area (TPSA) is 41.2 Å². The average Bonchev–Trinajstić information content (AvgIpc) is 2.30. The van der Waals surface area contributed by atoms with Gasteiger partial charge >= 0.3 is 5.97 Å². The summed E-state index contributed by atoms with van der Waals surface area (Å²) in [6.45, 7) is 1.94. The van der Waals surface area contributed by atoms with E-state index in [0.29, 0.717) is 0 Å². The predicted octanol–water partition coefficient (Wildman–Crippen LogP) is 1.96. The van der Waals surface area contributed by atoms with Gasteiger partial charge in [0.05, 0.1) is 0 Å².